The Hall–Kier alpha value is -2.92. The van der Waals surface area contributed by atoms with Crippen LogP contribution in [0, 0.1) is 0 Å². The lowest BCUT2D eigenvalue weighted by Gasteiger charge is -2.14. The van der Waals surface area contributed by atoms with E-state index in [1.165, 1.54) is 36.4 Å². The molecule has 2 unspecified atom stereocenters. The highest BCUT2D eigenvalue weighted by Gasteiger charge is 2.08. The number of hydrogen-bond donors (Lipinski definition) is 8. The number of ether oxygens (including phenoxy) is 2. The van der Waals surface area contributed by atoms with Crippen LogP contribution in [-0.2, 0) is 0 Å². The lowest BCUT2D eigenvalue weighted by atomic mass is 10.2. The van der Waals surface area contributed by atoms with Gasteiger partial charge in [0.15, 0.2) is 23.0 Å². The van der Waals surface area contributed by atoms with Crippen molar-refractivity contribution in [2.24, 2.45) is 0 Å². The number of benzene rings is 2. The molecule has 2 atom stereocenters. The molecule has 10 heteroatoms. The second-order valence-corrected chi connectivity index (χ2v) is 7.70. The third-order valence-electron chi connectivity index (χ3n) is 4.75. The van der Waals surface area contributed by atoms with Crippen LogP contribution in [0.4, 0.5) is 0 Å². The predicted octanol–water partition coefficient (Wildman–Crippen LogP) is 1.04. The van der Waals surface area contributed by atoms with Gasteiger partial charge >= 0.3 is 0 Å². The number of aromatic hydroxyl groups is 4. The van der Waals surface area contributed by atoms with Gasteiger partial charge in [-0.2, -0.15) is 0 Å². The summed E-state index contributed by atoms with van der Waals surface area (Å²) in [5.74, 6) is -0.253. The molecule has 0 amide bonds. The maximum Gasteiger partial charge on any atom is 0.161 e. The molecule has 0 saturated heterocycles. The van der Waals surface area contributed by atoms with Crippen molar-refractivity contribution in [2.75, 3.05) is 39.4 Å². The van der Waals surface area contributed by atoms with Crippen molar-refractivity contribution < 1.29 is 40.1 Å². The first-order valence-corrected chi connectivity index (χ1v) is 10.9. The molecule has 2 rings (SSSR count). The van der Waals surface area contributed by atoms with E-state index in [2.05, 4.69) is 10.6 Å². The van der Waals surface area contributed by atoms with Gasteiger partial charge in [0.2, 0.25) is 0 Å². The number of unbranched alkanes of at least 4 members (excludes halogenated alkanes) is 2. The fourth-order valence-corrected chi connectivity index (χ4v) is 2.90. The fourth-order valence-electron chi connectivity index (χ4n) is 2.90. The zero-order valence-corrected chi connectivity index (χ0v) is 18.5. The molecular weight excluding hydrogens is 432 g/mol. The Balaban J connectivity index is 1.41. The molecule has 0 spiro atoms. The van der Waals surface area contributed by atoms with Gasteiger partial charge in [0.1, 0.15) is 36.9 Å². The van der Waals surface area contributed by atoms with Gasteiger partial charge in [0, 0.05) is 25.2 Å². The van der Waals surface area contributed by atoms with Crippen molar-refractivity contribution in [2.45, 2.75) is 31.5 Å². The summed E-state index contributed by atoms with van der Waals surface area (Å²) in [4.78, 5) is 0. The average Bonchev–Trinajstić information content (AvgIpc) is 2.79. The topological polar surface area (TPSA) is 164 Å². The molecule has 0 fully saturated rings. The van der Waals surface area contributed by atoms with Gasteiger partial charge in [-0.25, -0.2) is 0 Å². The summed E-state index contributed by atoms with van der Waals surface area (Å²) >= 11 is 0. The van der Waals surface area contributed by atoms with E-state index in [0.717, 1.165) is 32.4 Å². The summed E-state index contributed by atoms with van der Waals surface area (Å²) in [6.07, 6.45) is 1.47. The number of nitrogens with one attached hydrogen (secondary N) is 2. The summed E-state index contributed by atoms with van der Waals surface area (Å²) in [5, 5.41) is 63.5. The van der Waals surface area contributed by atoms with Crippen molar-refractivity contribution in [1.82, 2.24) is 10.6 Å². The molecule has 0 heterocycles. The molecule has 0 aromatic heterocycles. The summed E-state index contributed by atoms with van der Waals surface area (Å²) in [7, 11) is 0. The molecule has 0 aliphatic heterocycles. The Labute approximate surface area is 193 Å². The minimum Gasteiger partial charge on any atom is -0.504 e. The molecule has 0 saturated carbocycles. The smallest absolute Gasteiger partial charge is 0.161 e. The van der Waals surface area contributed by atoms with Crippen LogP contribution in [0.15, 0.2) is 36.4 Å². The summed E-state index contributed by atoms with van der Waals surface area (Å²) in [6.45, 7) is 2.42. The lowest BCUT2D eigenvalue weighted by molar-refractivity contribution is 0.106. The number of phenolic OH excluding ortho intramolecular Hbond substituents is 4. The van der Waals surface area contributed by atoms with Gasteiger partial charge in [0.05, 0.1) is 0 Å². The van der Waals surface area contributed by atoms with Crippen LogP contribution in [0.25, 0.3) is 0 Å². The largest absolute Gasteiger partial charge is 0.504 e. The third-order valence-corrected chi connectivity index (χ3v) is 4.75. The SMILES string of the molecule is Oc1ccc(OCC(O)CNCCCCCNCC(O)COc2ccc(O)c(O)c2)cc1O. The van der Waals surface area contributed by atoms with Crippen LogP contribution in [0.3, 0.4) is 0 Å². The van der Waals surface area contributed by atoms with Crippen LogP contribution in [-0.4, -0.2) is 82.2 Å². The van der Waals surface area contributed by atoms with Crippen molar-refractivity contribution in [3.63, 3.8) is 0 Å². The summed E-state index contributed by atoms with van der Waals surface area (Å²) < 4.78 is 10.8. The molecule has 2 aromatic rings. The maximum atomic E-state index is 9.93. The molecule has 33 heavy (non-hydrogen) atoms. The number of hydrogen-bond acceptors (Lipinski definition) is 10. The highest BCUT2D eigenvalue weighted by molar-refractivity contribution is 5.44. The fraction of sp³-hybridized carbons (Fsp3) is 0.478. The van der Waals surface area contributed by atoms with Crippen molar-refractivity contribution >= 4 is 0 Å². The molecule has 0 aliphatic carbocycles. The van der Waals surface area contributed by atoms with Gasteiger partial charge < -0.3 is 50.7 Å². The summed E-state index contributed by atoms with van der Waals surface area (Å²) in [6, 6.07) is 8.24. The second kappa shape index (κ2) is 14.3. The zero-order chi connectivity index (χ0) is 24.1. The van der Waals surface area contributed by atoms with Gasteiger partial charge in [-0.15, -0.1) is 0 Å². The van der Waals surface area contributed by atoms with E-state index in [-0.39, 0.29) is 36.2 Å². The minimum absolute atomic E-state index is 0.0705. The lowest BCUT2D eigenvalue weighted by Crippen LogP contribution is -2.32. The first-order valence-electron chi connectivity index (χ1n) is 10.9. The van der Waals surface area contributed by atoms with Crippen LogP contribution >= 0.6 is 0 Å². The highest BCUT2D eigenvalue weighted by Crippen LogP contribution is 2.29. The van der Waals surface area contributed by atoms with Crippen LogP contribution < -0.4 is 20.1 Å². The maximum absolute atomic E-state index is 9.93. The van der Waals surface area contributed by atoms with Gasteiger partial charge in [-0.1, -0.05) is 6.42 Å². The minimum atomic E-state index is -0.697. The molecule has 184 valence electrons. The Kier molecular flexibility index (Phi) is 11.4. The number of phenols is 4. The van der Waals surface area contributed by atoms with E-state index in [9.17, 15) is 30.6 Å². The van der Waals surface area contributed by atoms with Gasteiger partial charge in [-0.05, 0) is 50.2 Å². The monoisotopic (exact) mass is 466 g/mol. The highest BCUT2D eigenvalue weighted by atomic mass is 16.5. The predicted molar refractivity (Wildman–Crippen MR) is 122 cm³/mol. The number of rotatable bonds is 16. The first-order chi connectivity index (χ1) is 15.8. The molecule has 8 N–H and O–H groups in total. The molecule has 0 aliphatic rings. The van der Waals surface area contributed by atoms with E-state index >= 15 is 0 Å². The molecule has 0 bridgehead atoms. The van der Waals surface area contributed by atoms with E-state index in [0.29, 0.717) is 24.6 Å². The normalized spacial score (nSPS) is 12.9. The molecule has 10 nitrogen and oxygen atoms in total. The van der Waals surface area contributed by atoms with E-state index < -0.39 is 12.2 Å². The van der Waals surface area contributed by atoms with E-state index in [1.807, 2.05) is 0 Å². The Morgan fingerprint density at radius 2 is 1.03 bits per heavy atom. The van der Waals surface area contributed by atoms with Crippen molar-refractivity contribution in [3.8, 4) is 34.5 Å². The van der Waals surface area contributed by atoms with Crippen molar-refractivity contribution in [1.29, 1.82) is 0 Å². The van der Waals surface area contributed by atoms with E-state index in [1.54, 1.807) is 0 Å². The first kappa shape index (κ1) is 26.3. The third kappa shape index (κ3) is 10.5. The molecule has 0 radical (unpaired) electrons. The standard InChI is InChI=1S/C23H34N2O8/c26-16(14-32-18-4-6-20(28)22(30)10-18)12-24-8-2-1-3-9-25-13-17(27)15-33-19-5-7-21(29)23(31)11-19/h4-7,10-11,16-17,24-31H,1-3,8-9,12-15H2. The van der Waals surface area contributed by atoms with Gasteiger partial charge in [-0.3, -0.25) is 0 Å². The second-order valence-electron chi connectivity index (χ2n) is 7.70. The number of aliphatic hydroxyl groups is 2. The van der Waals surface area contributed by atoms with Crippen molar-refractivity contribution in [3.05, 3.63) is 36.4 Å². The Bertz CT molecular complexity index is 769. The van der Waals surface area contributed by atoms with Crippen LogP contribution in [0.5, 0.6) is 34.5 Å². The molecule has 2 aromatic carbocycles. The number of aliphatic hydroxyl groups excluding tert-OH is 2. The average molecular weight is 467 g/mol. The zero-order valence-electron chi connectivity index (χ0n) is 18.5. The summed E-state index contributed by atoms with van der Waals surface area (Å²) in [5.41, 5.74) is 0. The Morgan fingerprint density at radius 1 is 0.606 bits per heavy atom. The molecular formula is C23H34N2O8. The van der Waals surface area contributed by atoms with Crippen LogP contribution in [0.1, 0.15) is 19.3 Å². The van der Waals surface area contributed by atoms with E-state index in [4.69, 9.17) is 9.47 Å². The Morgan fingerprint density at radius 3 is 1.42 bits per heavy atom. The van der Waals surface area contributed by atoms with Gasteiger partial charge in [0.25, 0.3) is 0 Å². The van der Waals surface area contributed by atoms with Crippen LogP contribution in [0.2, 0.25) is 0 Å². The quantitative estimate of drug-likeness (QED) is 0.132.